The average molecular weight is 332 g/mol. The van der Waals surface area contributed by atoms with Crippen LogP contribution in [0.3, 0.4) is 0 Å². The van der Waals surface area contributed by atoms with Crippen LogP contribution >= 0.6 is 11.6 Å². The highest BCUT2D eigenvalue weighted by atomic mass is 35.5. The number of aromatic nitrogens is 1. The molecule has 1 saturated heterocycles. The van der Waals surface area contributed by atoms with Gasteiger partial charge in [0.25, 0.3) is 0 Å². The maximum Gasteiger partial charge on any atom is 0.108 e. The van der Waals surface area contributed by atoms with Gasteiger partial charge in [0.05, 0.1) is 0 Å². The molecular formula is C18H22ClN3O. The van der Waals surface area contributed by atoms with E-state index in [1.54, 1.807) is 6.20 Å². The summed E-state index contributed by atoms with van der Waals surface area (Å²) in [6.45, 7) is 3.59. The van der Waals surface area contributed by atoms with Crippen LogP contribution in [0.15, 0.2) is 48.7 Å². The standard InChI is InChI=1S/C18H22ClN3O/c19-15-6-4-14(5-7-15)16(17-3-1-2-8-21-17)13-18(23)22-11-9-20-10-12-22/h1-8,16,18,20,23H,9-13H2. The number of pyridine rings is 1. The summed E-state index contributed by atoms with van der Waals surface area (Å²) in [5.41, 5.74) is 2.10. The van der Waals surface area contributed by atoms with Gasteiger partial charge in [0, 0.05) is 49.0 Å². The second-order valence-corrected chi connectivity index (χ2v) is 6.30. The summed E-state index contributed by atoms with van der Waals surface area (Å²) in [7, 11) is 0. The molecule has 4 nitrogen and oxygen atoms in total. The summed E-state index contributed by atoms with van der Waals surface area (Å²) in [6.07, 6.45) is 1.95. The molecule has 2 heterocycles. The average Bonchev–Trinajstić information content (AvgIpc) is 2.62. The molecule has 23 heavy (non-hydrogen) atoms. The van der Waals surface area contributed by atoms with Gasteiger partial charge >= 0.3 is 0 Å². The van der Waals surface area contributed by atoms with Gasteiger partial charge in [0.2, 0.25) is 0 Å². The van der Waals surface area contributed by atoms with Crippen molar-refractivity contribution in [1.82, 2.24) is 15.2 Å². The lowest BCUT2D eigenvalue weighted by molar-refractivity contribution is -0.0119. The third kappa shape index (κ3) is 4.30. The van der Waals surface area contributed by atoms with E-state index in [1.807, 2.05) is 42.5 Å². The second-order valence-electron chi connectivity index (χ2n) is 5.86. The number of hydrogen-bond acceptors (Lipinski definition) is 4. The van der Waals surface area contributed by atoms with E-state index in [2.05, 4.69) is 15.2 Å². The van der Waals surface area contributed by atoms with Gasteiger partial charge in [-0.15, -0.1) is 0 Å². The number of aliphatic hydroxyl groups is 1. The van der Waals surface area contributed by atoms with Crippen molar-refractivity contribution in [3.63, 3.8) is 0 Å². The van der Waals surface area contributed by atoms with Crippen molar-refractivity contribution < 1.29 is 5.11 Å². The zero-order chi connectivity index (χ0) is 16.1. The fraction of sp³-hybridized carbons (Fsp3) is 0.389. The zero-order valence-electron chi connectivity index (χ0n) is 13.0. The van der Waals surface area contributed by atoms with E-state index in [-0.39, 0.29) is 5.92 Å². The molecule has 1 fully saturated rings. The van der Waals surface area contributed by atoms with Gasteiger partial charge in [-0.25, -0.2) is 0 Å². The first-order valence-electron chi connectivity index (χ1n) is 8.03. The van der Waals surface area contributed by atoms with E-state index in [0.717, 1.165) is 42.5 Å². The smallest absolute Gasteiger partial charge is 0.108 e. The molecule has 0 radical (unpaired) electrons. The molecule has 0 aliphatic carbocycles. The lowest BCUT2D eigenvalue weighted by Crippen LogP contribution is -2.48. The summed E-state index contributed by atoms with van der Waals surface area (Å²) in [6, 6.07) is 13.7. The minimum absolute atomic E-state index is 0.0540. The predicted molar refractivity (Wildman–Crippen MR) is 92.6 cm³/mol. The Morgan fingerprint density at radius 3 is 2.52 bits per heavy atom. The molecule has 0 amide bonds. The minimum Gasteiger partial charge on any atom is -0.378 e. The summed E-state index contributed by atoms with van der Waals surface area (Å²) in [5.74, 6) is 0.0540. The SMILES string of the molecule is OC(CC(c1ccc(Cl)cc1)c1ccccn1)N1CCNCC1. The first kappa shape index (κ1) is 16.4. The van der Waals surface area contributed by atoms with Crippen molar-refractivity contribution in [2.24, 2.45) is 0 Å². The molecule has 1 aromatic carbocycles. The van der Waals surface area contributed by atoms with Crippen molar-refractivity contribution in [1.29, 1.82) is 0 Å². The maximum atomic E-state index is 10.7. The van der Waals surface area contributed by atoms with Gasteiger partial charge in [-0.1, -0.05) is 29.8 Å². The minimum atomic E-state index is -0.472. The number of piperazine rings is 1. The van der Waals surface area contributed by atoms with Gasteiger partial charge < -0.3 is 10.4 Å². The largest absolute Gasteiger partial charge is 0.378 e. The van der Waals surface area contributed by atoms with Crippen molar-refractivity contribution in [3.8, 4) is 0 Å². The number of nitrogens with zero attached hydrogens (tertiary/aromatic N) is 2. The third-order valence-electron chi connectivity index (χ3n) is 4.34. The molecule has 0 saturated carbocycles. The van der Waals surface area contributed by atoms with Crippen LogP contribution in [0.5, 0.6) is 0 Å². The lowest BCUT2D eigenvalue weighted by Gasteiger charge is -2.33. The van der Waals surface area contributed by atoms with E-state index in [9.17, 15) is 5.11 Å². The molecule has 1 aliphatic heterocycles. The number of benzene rings is 1. The van der Waals surface area contributed by atoms with E-state index < -0.39 is 6.23 Å². The molecule has 2 unspecified atom stereocenters. The number of nitrogens with one attached hydrogen (secondary N) is 1. The highest BCUT2D eigenvalue weighted by Gasteiger charge is 2.24. The van der Waals surface area contributed by atoms with Crippen molar-refractivity contribution >= 4 is 11.6 Å². The normalized spacial score (nSPS) is 18.5. The predicted octanol–water partition coefficient (Wildman–Crippen LogP) is 2.48. The lowest BCUT2D eigenvalue weighted by atomic mass is 9.91. The Labute approximate surface area is 142 Å². The summed E-state index contributed by atoms with van der Waals surface area (Å²) < 4.78 is 0. The Kier molecular flexibility index (Phi) is 5.62. The Hall–Kier alpha value is -1.46. The highest BCUT2D eigenvalue weighted by Crippen LogP contribution is 2.29. The molecule has 3 rings (SSSR count). The van der Waals surface area contributed by atoms with Gasteiger partial charge in [-0.05, 0) is 36.2 Å². The molecule has 122 valence electrons. The zero-order valence-corrected chi connectivity index (χ0v) is 13.8. The molecular weight excluding hydrogens is 310 g/mol. The molecule has 5 heteroatoms. The van der Waals surface area contributed by atoms with Crippen LogP contribution in [0.1, 0.15) is 23.6 Å². The van der Waals surface area contributed by atoms with Crippen LogP contribution in [-0.4, -0.2) is 47.4 Å². The van der Waals surface area contributed by atoms with Gasteiger partial charge in [0.15, 0.2) is 0 Å². The Balaban J connectivity index is 1.81. The van der Waals surface area contributed by atoms with Crippen LogP contribution in [0.2, 0.25) is 5.02 Å². The van der Waals surface area contributed by atoms with Crippen LogP contribution in [0.4, 0.5) is 0 Å². The van der Waals surface area contributed by atoms with Crippen LogP contribution < -0.4 is 5.32 Å². The van der Waals surface area contributed by atoms with Crippen LogP contribution in [0.25, 0.3) is 0 Å². The molecule has 0 spiro atoms. The molecule has 0 bridgehead atoms. The first-order valence-corrected chi connectivity index (χ1v) is 8.41. The Morgan fingerprint density at radius 1 is 1.13 bits per heavy atom. The van der Waals surface area contributed by atoms with Gasteiger partial charge in [-0.3, -0.25) is 9.88 Å². The topological polar surface area (TPSA) is 48.4 Å². The van der Waals surface area contributed by atoms with Crippen molar-refractivity contribution in [2.75, 3.05) is 26.2 Å². The van der Waals surface area contributed by atoms with Crippen molar-refractivity contribution in [3.05, 3.63) is 64.9 Å². The molecule has 2 atom stereocenters. The number of rotatable bonds is 5. The molecule has 2 aromatic rings. The van der Waals surface area contributed by atoms with E-state index in [4.69, 9.17) is 11.6 Å². The molecule has 2 N–H and O–H groups in total. The summed E-state index contributed by atoms with van der Waals surface area (Å²) in [4.78, 5) is 6.63. The molecule has 1 aliphatic rings. The van der Waals surface area contributed by atoms with Crippen LogP contribution in [-0.2, 0) is 0 Å². The second kappa shape index (κ2) is 7.88. The van der Waals surface area contributed by atoms with E-state index >= 15 is 0 Å². The first-order chi connectivity index (χ1) is 11.2. The van der Waals surface area contributed by atoms with E-state index in [0.29, 0.717) is 6.42 Å². The number of aliphatic hydroxyl groups excluding tert-OH is 1. The monoisotopic (exact) mass is 331 g/mol. The highest BCUT2D eigenvalue weighted by molar-refractivity contribution is 6.30. The fourth-order valence-electron chi connectivity index (χ4n) is 3.04. The van der Waals surface area contributed by atoms with Crippen LogP contribution in [0, 0.1) is 0 Å². The summed E-state index contributed by atoms with van der Waals surface area (Å²) >= 11 is 6.01. The number of halogens is 1. The number of hydrogen-bond donors (Lipinski definition) is 2. The Morgan fingerprint density at radius 2 is 1.87 bits per heavy atom. The maximum absolute atomic E-state index is 10.7. The van der Waals surface area contributed by atoms with Crippen molar-refractivity contribution in [2.45, 2.75) is 18.6 Å². The Bertz CT molecular complexity index is 599. The molecule has 1 aromatic heterocycles. The quantitative estimate of drug-likeness (QED) is 0.883. The van der Waals surface area contributed by atoms with E-state index in [1.165, 1.54) is 0 Å². The fourth-order valence-corrected chi connectivity index (χ4v) is 3.17. The third-order valence-corrected chi connectivity index (χ3v) is 4.59. The van der Waals surface area contributed by atoms with Gasteiger partial charge in [-0.2, -0.15) is 0 Å². The van der Waals surface area contributed by atoms with Gasteiger partial charge in [0.1, 0.15) is 6.23 Å². The summed E-state index contributed by atoms with van der Waals surface area (Å²) in [5, 5.41) is 14.7.